The summed E-state index contributed by atoms with van der Waals surface area (Å²) in [6.45, 7) is 3.63. The van der Waals surface area contributed by atoms with Gasteiger partial charge in [0.1, 0.15) is 11.5 Å². The Morgan fingerprint density at radius 1 is 1.11 bits per heavy atom. The quantitative estimate of drug-likeness (QED) is 0.490. The second-order valence-corrected chi connectivity index (χ2v) is 9.23. The third kappa shape index (κ3) is 6.08. The number of amides is 1. The van der Waals surface area contributed by atoms with Crippen LogP contribution in [0.4, 0.5) is 4.39 Å². The maximum atomic E-state index is 14.0. The van der Waals surface area contributed by atoms with Gasteiger partial charge in [-0.25, -0.2) is 4.39 Å². The molecule has 1 aliphatic heterocycles. The zero-order valence-corrected chi connectivity index (χ0v) is 20.7. The molecule has 0 spiro atoms. The van der Waals surface area contributed by atoms with Gasteiger partial charge in [-0.3, -0.25) is 14.5 Å². The average Bonchev–Trinajstić information content (AvgIpc) is 3.56. The normalized spacial score (nSPS) is 24.9. The Hall–Kier alpha value is -3.92. The molecular weight excluding hydrogens is 473 g/mol. The Morgan fingerprint density at radius 3 is 2.78 bits per heavy atom. The number of allylic oxidation sites excluding steroid dienone is 4. The van der Waals surface area contributed by atoms with Crippen molar-refractivity contribution in [2.45, 2.75) is 39.0 Å². The van der Waals surface area contributed by atoms with Gasteiger partial charge in [0, 0.05) is 25.8 Å². The van der Waals surface area contributed by atoms with Crippen molar-refractivity contribution in [1.29, 1.82) is 0 Å². The van der Waals surface area contributed by atoms with Crippen molar-refractivity contribution in [2.75, 3.05) is 13.2 Å². The molecule has 0 N–H and O–H groups in total. The molecule has 192 valence electrons. The summed E-state index contributed by atoms with van der Waals surface area (Å²) < 4.78 is 21.2. The minimum absolute atomic E-state index is 0.0329. The monoisotopic (exact) mass is 503 g/mol. The van der Waals surface area contributed by atoms with E-state index in [1.54, 1.807) is 27.9 Å². The number of carbonyl (C=O) groups is 1. The Bertz CT molecular complexity index is 1280. The standard InChI is InChI=1S/C27H30FN7O2/c1-20-5-4-6-23(35-30-12-13-31-35)17-21(8-7-20)27(36)34-14-2-3-16-37-26(34)19-33-15-11-25(32-33)24-10-9-22(28)18-29-24/h4-5,7-13,15,17-18,20-21,26H,2-3,6,14,16,19H2,1H3/b5-4-,8-7?,23-17-. The summed E-state index contributed by atoms with van der Waals surface area (Å²) >= 11 is 0. The highest BCUT2D eigenvalue weighted by Crippen LogP contribution is 2.23. The summed E-state index contributed by atoms with van der Waals surface area (Å²) in [5.74, 6) is -0.708. The van der Waals surface area contributed by atoms with Crippen LogP contribution in [0.15, 0.2) is 73.4 Å². The van der Waals surface area contributed by atoms with Gasteiger partial charge in [0.25, 0.3) is 0 Å². The Balaban J connectivity index is 1.39. The molecule has 0 bridgehead atoms. The molecule has 0 radical (unpaired) electrons. The third-order valence-corrected chi connectivity index (χ3v) is 6.43. The van der Waals surface area contributed by atoms with E-state index in [4.69, 9.17) is 4.74 Å². The van der Waals surface area contributed by atoms with Crippen LogP contribution >= 0.6 is 0 Å². The van der Waals surface area contributed by atoms with Gasteiger partial charge >= 0.3 is 0 Å². The molecule has 0 aromatic carbocycles. The molecule has 9 nitrogen and oxygen atoms in total. The first kappa shape index (κ1) is 24.8. The number of rotatable bonds is 5. The van der Waals surface area contributed by atoms with Crippen molar-refractivity contribution >= 4 is 11.6 Å². The number of pyridine rings is 1. The highest BCUT2D eigenvalue weighted by molar-refractivity contribution is 5.84. The zero-order valence-electron chi connectivity index (χ0n) is 20.7. The van der Waals surface area contributed by atoms with Gasteiger partial charge < -0.3 is 9.64 Å². The number of halogens is 1. The molecule has 4 heterocycles. The van der Waals surface area contributed by atoms with Gasteiger partial charge in [-0.1, -0.05) is 31.2 Å². The maximum absolute atomic E-state index is 14.0. The molecule has 3 aromatic rings. The number of hydrogen-bond donors (Lipinski definition) is 0. The average molecular weight is 504 g/mol. The number of hydrogen-bond acceptors (Lipinski definition) is 6. The first-order valence-electron chi connectivity index (χ1n) is 12.6. The molecule has 1 fully saturated rings. The maximum Gasteiger partial charge on any atom is 0.235 e. The third-order valence-electron chi connectivity index (χ3n) is 6.43. The number of nitrogens with zero attached hydrogens (tertiary/aromatic N) is 7. The van der Waals surface area contributed by atoms with Crippen LogP contribution in [-0.2, 0) is 16.1 Å². The topological polar surface area (TPSA) is 91.0 Å². The van der Waals surface area contributed by atoms with Crippen molar-refractivity contribution in [3.05, 3.63) is 79.2 Å². The molecule has 10 heteroatoms. The summed E-state index contributed by atoms with van der Waals surface area (Å²) in [4.78, 5) is 21.5. The van der Waals surface area contributed by atoms with E-state index in [-0.39, 0.29) is 11.8 Å². The lowest BCUT2D eigenvalue weighted by Gasteiger charge is -2.31. The summed E-state index contributed by atoms with van der Waals surface area (Å²) in [5.41, 5.74) is 2.05. The number of carbonyl (C=O) groups excluding carboxylic acids is 1. The van der Waals surface area contributed by atoms with Crippen molar-refractivity contribution in [3.63, 3.8) is 0 Å². The fraction of sp³-hybridized carbons (Fsp3) is 0.370. The Labute approximate surface area is 214 Å². The van der Waals surface area contributed by atoms with Gasteiger partial charge in [0.15, 0.2) is 6.23 Å². The van der Waals surface area contributed by atoms with E-state index in [1.165, 1.54) is 12.3 Å². The first-order valence-corrected chi connectivity index (χ1v) is 12.6. The minimum atomic E-state index is -0.482. The highest BCUT2D eigenvalue weighted by Gasteiger charge is 2.31. The molecule has 3 unspecified atom stereocenters. The van der Waals surface area contributed by atoms with Gasteiger partial charge in [0.05, 0.1) is 42.4 Å². The predicted octanol–water partition coefficient (Wildman–Crippen LogP) is 3.95. The fourth-order valence-electron chi connectivity index (χ4n) is 4.48. The second kappa shape index (κ2) is 11.4. The molecule has 3 aromatic heterocycles. The molecule has 1 aliphatic carbocycles. The molecule has 5 rings (SSSR count). The second-order valence-electron chi connectivity index (χ2n) is 9.23. The molecule has 1 amide bonds. The van der Waals surface area contributed by atoms with Crippen LogP contribution in [0, 0.1) is 17.7 Å². The zero-order chi connectivity index (χ0) is 25.6. The summed E-state index contributed by atoms with van der Waals surface area (Å²) in [5, 5.41) is 13.2. The first-order chi connectivity index (χ1) is 18.1. The summed E-state index contributed by atoms with van der Waals surface area (Å²) in [6, 6.07) is 4.78. The SMILES string of the molecule is CC1C=CC(C(=O)N2CCCCOC2Cn2ccc(-c3ccc(F)cn3)n2)/C=C(\n2nccn2)C/C=C\1. The van der Waals surface area contributed by atoms with Crippen LogP contribution < -0.4 is 0 Å². The highest BCUT2D eigenvalue weighted by atomic mass is 19.1. The van der Waals surface area contributed by atoms with E-state index in [2.05, 4.69) is 45.4 Å². The van der Waals surface area contributed by atoms with E-state index in [1.807, 2.05) is 29.3 Å². The van der Waals surface area contributed by atoms with Crippen molar-refractivity contribution in [1.82, 2.24) is 34.7 Å². The molecular formula is C27H30FN7O2. The molecule has 37 heavy (non-hydrogen) atoms. The Kier molecular flexibility index (Phi) is 7.65. The lowest BCUT2D eigenvalue weighted by Crippen LogP contribution is -2.46. The molecule has 3 atom stereocenters. The fourth-order valence-corrected chi connectivity index (χ4v) is 4.48. The van der Waals surface area contributed by atoms with Crippen molar-refractivity contribution < 1.29 is 13.9 Å². The van der Waals surface area contributed by atoms with Crippen molar-refractivity contribution in [3.8, 4) is 11.4 Å². The van der Waals surface area contributed by atoms with Crippen LogP contribution in [0.25, 0.3) is 17.1 Å². The summed E-state index contributed by atoms with van der Waals surface area (Å²) in [6.07, 6.45) is 18.3. The van der Waals surface area contributed by atoms with E-state index in [0.29, 0.717) is 37.5 Å². The lowest BCUT2D eigenvalue weighted by atomic mass is 10.0. The number of ether oxygens (including phenoxy) is 1. The number of aromatic nitrogens is 6. The van der Waals surface area contributed by atoms with Crippen LogP contribution in [0.1, 0.15) is 26.2 Å². The molecule has 0 saturated carbocycles. The van der Waals surface area contributed by atoms with E-state index < -0.39 is 18.0 Å². The molecule has 2 aliphatic rings. The van der Waals surface area contributed by atoms with E-state index >= 15 is 0 Å². The van der Waals surface area contributed by atoms with Crippen LogP contribution in [0.2, 0.25) is 0 Å². The van der Waals surface area contributed by atoms with E-state index in [9.17, 15) is 9.18 Å². The van der Waals surface area contributed by atoms with Crippen LogP contribution in [-0.4, -0.2) is 59.9 Å². The Morgan fingerprint density at radius 2 is 1.97 bits per heavy atom. The van der Waals surface area contributed by atoms with Crippen LogP contribution in [0.3, 0.4) is 0 Å². The van der Waals surface area contributed by atoms with Crippen LogP contribution in [0.5, 0.6) is 0 Å². The largest absolute Gasteiger partial charge is 0.356 e. The predicted molar refractivity (Wildman–Crippen MR) is 136 cm³/mol. The minimum Gasteiger partial charge on any atom is -0.356 e. The van der Waals surface area contributed by atoms with Gasteiger partial charge in [-0.2, -0.15) is 20.1 Å². The lowest BCUT2D eigenvalue weighted by molar-refractivity contribution is -0.147. The van der Waals surface area contributed by atoms with E-state index in [0.717, 1.165) is 18.5 Å². The van der Waals surface area contributed by atoms with Gasteiger partial charge in [-0.15, -0.1) is 0 Å². The molecule has 1 saturated heterocycles. The summed E-state index contributed by atoms with van der Waals surface area (Å²) in [7, 11) is 0. The van der Waals surface area contributed by atoms with Gasteiger partial charge in [-0.05, 0) is 43.0 Å². The van der Waals surface area contributed by atoms with Crippen molar-refractivity contribution in [2.24, 2.45) is 11.8 Å². The smallest absolute Gasteiger partial charge is 0.235 e. The van der Waals surface area contributed by atoms with Gasteiger partial charge in [0.2, 0.25) is 5.91 Å².